The first-order chi connectivity index (χ1) is 9.60. The second kappa shape index (κ2) is 6.38. The molecule has 6 heteroatoms. The first-order valence-corrected chi connectivity index (χ1v) is 7.16. The number of anilines is 2. The number of nitrogens with one attached hydrogen (secondary N) is 2. The molecule has 0 spiro atoms. The number of rotatable bonds is 5. The topological polar surface area (TPSA) is 57.3 Å². The van der Waals surface area contributed by atoms with Crippen molar-refractivity contribution in [3.05, 3.63) is 40.9 Å². The third-order valence-electron chi connectivity index (χ3n) is 2.84. The molecule has 0 radical (unpaired) electrons. The van der Waals surface area contributed by atoms with Crippen LogP contribution < -0.4 is 15.5 Å². The molecule has 0 bridgehead atoms. The summed E-state index contributed by atoms with van der Waals surface area (Å²) in [6.07, 6.45) is 0. The monoisotopic (exact) mass is 290 g/mol. The Labute approximate surface area is 122 Å². The maximum atomic E-state index is 12.0. The highest BCUT2D eigenvalue weighted by Gasteiger charge is 2.07. The number of amides is 1. The number of carbonyl (C=O) groups is 1. The van der Waals surface area contributed by atoms with E-state index in [1.54, 1.807) is 0 Å². The van der Waals surface area contributed by atoms with Crippen molar-refractivity contribution >= 4 is 28.1 Å². The van der Waals surface area contributed by atoms with Crippen molar-refractivity contribution in [2.45, 2.75) is 6.54 Å². The van der Waals surface area contributed by atoms with Crippen LogP contribution in [0.5, 0.6) is 0 Å². The van der Waals surface area contributed by atoms with Gasteiger partial charge in [0.1, 0.15) is 0 Å². The fraction of sp³-hybridized carbons (Fsp3) is 0.286. The van der Waals surface area contributed by atoms with Gasteiger partial charge in [-0.15, -0.1) is 11.3 Å². The number of nitrogens with zero attached hydrogens (tertiary/aromatic N) is 2. The van der Waals surface area contributed by atoms with Gasteiger partial charge in [0.15, 0.2) is 5.13 Å². The van der Waals surface area contributed by atoms with Gasteiger partial charge >= 0.3 is 0 Å². The fourth-order valence-corrected chi connectivity index (χ4v) is 2.36. The zero-order valence-corrected chi connectivity index (χ0v) is 12.6. The lowest BCUT2D eigenvalue weighted by Gasteiger charge is -2.12. The molecule has 1 heterocycles. The van der Waals surface area contributed by atoms with Crippen molar-refractivity contribution in [2.24, 2.45) is 0 Å². The summed E-state index contributed by atoms with van der Waals surface area (Å²) in [5.74, 6) is -0.0886. The number of benzene rings is 1. The van der Waals surface area contributed by atoms with E-state index in [1.165, 1.54) is 11.3 Å². The summed E-state index contributed by atoms with van der Waals surface area (Å²) in [6, 6.07) is 7.50. The van der Waals surface area contributed by atoms with E-state index < -0.39 is 0 Å². The van der Waals surface area contributed by atoms with Gasteiger partial charge in [-0.25, -0.2) is 4.98 Å². The predicted molar refractivity (Wildman–Crippen MR) is 83.6 cm³/mol. The molecule has 0 saturated heterocycles. The van der Waals surface area contributed by atoms with Gasteiger partial charge in [-0.05, 0) is 24.3 Å². The SMILES string of the molecule is CNc1nc(CNC(=O)c2ccc(N(C)C)cc2)cs1. The van der Waals surface area contributed by atoms with Gasteiger partial charge in [0, 0.05) is 37.8 Å². The van der Waals surface area contributed by atoms with Crippen LogP contribution in [-0.2, 0) is 6.54 Å². The molecule has 106 valence electrons. The molecule has 20 heavy (non-hydrogen) atoms. The Kier molecular flexibility index (Phi) is 4.57. The molecule has 0 aliphatic carbocycles. The summed E-state index contributed by atoms with van der Waals surface area (Å²) in [4.78, 5) is 18.3. The third-order valence-corrected chi connectivity index (χ3v) is 3.75. The molecule has 0 saturated carbocycles. The molecule has 2 aromatic rings. The quantitative estimate of drug-likeness (QED) is 0.886. The average Bonchev–Trinajstić information content (AvgIpc) is 2.93. The first kappa shape index (κ1) is 14.3. The fourth-order valence-electron chi connectivity index (χ4n) is 1.69. The second-order valence-electron chi connectivity index (χ2n) is 4.52. The van der Waals surface area contributed by atoms with Crippen LogP contribution in [0.4, 0.5) is 10.8 Å². The average molecular weight is 290 g/mol. The molecule has 1 aromatic carbocycles. The maximum absolute atomic E-state index is 12.0. The Bertz CT molecular complexity index is 577. The van der Waals surface area contributed by atoms with E-state index in [9.17, 15) is 4.79 Å². The lowest BCUT2D eigenvalue weighted by atomic mass is 10.2. The van der Waals surface area contributed by atoms with Gasteiger partial charge in [-0.3, -0.25) is 4.79 Å². The van der Waals surface area contributed by atoms with Gasteiger partial charge in [0.2, 0.25) is 0 Å². The minimum atomic E-state index is -0.0886. The zero-order valence-electron chi connectivity index (χ0n) is 11.8. The molecule has 1 aromatic heterocycles. The molecule has 2 N–H and O–H groups in total. The van der Waals surface area contributed by atoms with Gasteiger partial charge in [0.25, 0.3) is 5.91 Å². The predicted octanol–water partition coefficient (Wildman–Crippen LogP) is 2.18. The summed E-state index contributed by atoms with van der Waals surface area (Å²) in [7, 11) is 5.76. The Hall–Kier alpha value is -2.08. The van der Waals surface area contributed by atoms with Crippen molar-refractivity contribution in [3.63, 3.8) is 0 Å². The van der Waals surface area contributed by atoms with Crippen molar-refractivity contribution in [3.8, 4) is 0 Å². The second-order valence-corrected chi connectivity index (χ2v) is 5.38. The van der Waals surface area contributed by atoms with Crippen LogP contribution in [0, 0.1) is 0 Å². The number of thiazole rings is 1. The Balaban J connectivity index is 1.94. The Morgan fingerprint density at radius 2 is 2.00 bits per heavy atom. The molecule has 0 unspecified atom stereocenters. The Morgan fingerprint density at radius 3 is 2.55 bits per heavy atom. The maximum Gasteiger partial charge on any atom is 0.251 e. The first-order valence-electron chi connectivity index (χ1n) is 6.28. The molecule has 5 nitrogen and oxygen atoms in total. The smallest absolute Gasteiger partial charge is 0.251 e. The van der Waals surface area contributed by atoms with Crippen LogP contribution in [0.2, 0.25) is 0 Å². The van der Waals surface area contributed by atoms with E-state index >= 15 is 0 Å². The normalized spacial score (nSPS) is 10.2. The highest BCUT2D eigenvalue weighted by molar-refractivity contribution is 7.13. The number of aromatic nitrogens is 1. The van der Waals surface area contributed by atoms with Crippen LogP contribution in [0.15, 0.2) is 29.6 Å². The van der Waals surface area contributed by atoms with Crippen LogP contribution >= 0.6 is 11.3 Å². The van der Waals surface area contributed by atoms with E-state index in [0.717, 1.165) is 16.5 Å². The number of hydrogen-bond donors (Lipinski definition) is 2. The lowest BCUT2D eigenvalue weighted by Crippen LogP contribution is -2.23. The van der Waals surface area contributed by atoms with Gasteiger partial charge in [-0.1, -0.05) is 0 Å². The van der Waals surface area contributed by atoms with E-state index in [1.807, 2.05) is 55.7 Å². The standard InChI is InChI=1S/C14H18N4OS/c1-15-14-17-11(9-20-14)8-16-13(19)10-4-6-12(7-5-10)18(2)3/h4-7,9H,8H2,1-3H3,(H,15,17)(H,16,19). The summed E-state index contributed by atoms with van der Waals surface area (Å²) in [5.41, 5.74) is 2.58. The summed E-state index contributed by atoms with van der Waals surface area (Å²) in [5, 5.41) is 8.62. The van der Waals surface area contributed by atoms with Crippen molar-refractivity contribution in [2.75, 3.05) is 31.4 Å². The van der Waals surface area contributed by atoms with Crippen molar-refractivity contribution < 1.29 is 4.79 Å². The Morgan fingerprint density at radius 1 is 1.30 bits per heavy atom. The number of hydrogen-bond acceptors (Lipinski definition) is 5. The largest absolute Gasteiger partial charge is 0.378 e. The number of carbonyl (C=O) groups excluding carboxylic acids is 1. The van der Waals surface area contributed by atoms with Gasteiger partial charge in [0.05, 0.1) is 12.2 Å². The van der Waals surface area contributed by atoms with Crippen molar-refractivity contribution in [1.29, 1.82) is 0 Å². The van der Waals surface area contributed by atoms with E-state index in [4.69, 9.17) is 0 Å². The van der Waals surface area contributed by atoms with E-state index in [-0.39, 0.29) is 5.91 Å². The summed E-state index contributed by atoms with van der Waals surface area (Å²) in [6.45, 7) is 0.437. The lowest BCUT2D eigenvalue weighted by molar-refractivity contribution is 0.0950. The van der Waals surface area contributed by atoms with E-state index in [0.29, 0.717) is 12.1 Å². The highest BCUT2D eigenvalue weighted by Crippen LogP contribution is 2.15. The van der Waals surface area contributed by atoms with Crippen LogP contribution in [0.3, 0.4) is 0 Å². The minimum absolute atomic E-state index is 0.0886. The molecule has 0 aliphatic rings. The van der Waals surface area contributed by atoms with E-state index in [2.05, 4.69) is 15.6 Å². The molecule has 0 atom stereocenters. The molecule has 0 fully saturated rings. The summed E-state index contributed by atoms with van der Waals surface area (Å²) < 4.78 is 0. The van der Waals surface area contributed by atoms with Crippen LogP contribution in [-0.4, -0.2) is 32.0 Å². The van der Waals surface area contributed by atoms with Crippen LogP contribution in [0.25, 0.3) is 0 Å². The van der Waals surface area contributed by atoms with Gasteiger partial charge < -0.3 is 15.5 Å². The third kappa shape index (κ3) is 3.48. The molecular formula is C14H18N4OS. The highest BCUT2D eigenvalue weighted by atomic mass is 32.1. The van der Waals surface area contributed by atoms with Crippen molar-refractivity contribution in [1.82, 2.24) is 10.3 Å². The minimum Gasteiger partial charge on any atom is -0.378 e. The molecule has 0 aliphatic heterocycles. The zero-order chi connectivity index (χ0) is 14.5. The molecule has 2 rings (SSSR count). The van der Waals surface area contributed by atoms with Gasteiger partial charge in [-0.2, -0.15) is 0 Å². The van der Waals surface area contributed by atoms with Crippen LogP contribution in [0.1, 0.15) is 16.1 Å². The molecule has 1 amide bonds. The summed E-state index contributed by atoms with van der Waals surface area (Å²) >= 11 is 1.52. The molecular weight excluding hydrogens is 272 g/mol.